The second kappa shape index (κ2) is 11.5. The average Bonchev–Trinajstić information content (AvgIpc) is 3.30. The molecule has 2 heterocycles. The smallest absolute Gasteiger partial charge is 0.339 e. The third kappa shape index (κ3) is 5.06. The van der Waals surface area contributed by atoms with Gasteiger partial charge in [-0.25, -0.2) is 9.78 Å². The lowest BCUT2D eigenvalue weighted by Gasteiger charge is -2.22. The molecule has 44 heavy (non-hydrogen) atoms. The molecule has 3 aromatic carbocycles. The molecule has 0 N–H and O–H groups in total. The van der Waals surface area contributed by atoms with Crippen LogP contribution in [-0.2, 0) is 14.3 Å². The molecule has 222 valence electrons. The number of methoxy groups -OCH3 is 1. The molecule has 2 aliphatic rings. The molecule has 0 saturated carbocycles. The van der Waals surface area contributed by atoms with E-state index >= 15 is 0 Å². The second-order valence-corrected chi connectivity index (χ2v) is 11.4. The van der Waals surface area contributed by atoms with Crippen LogP contribution < -0.4 is 9.64 Å². The van der Waals surface area contributed by atoms with Gasteiger partial charge in [0.05, 0.1) is 41.4 Å². The number of carbonyl (C=O) groups excluding carboxylic acids is 4. The Balaban J connectivity index is 1.29. The van der Waals surface area contributed by atoms with Gasteiger partial charge in [0, 0.05) is 16.5 Å². The zero-order chi connectivity index (χ0) is 31.1. The van der Waals surface area contributed by atoms with E-state index in [4.69, 9.17) is 14.5 Å². The van der Waals surface area contributed by atoms with Gasteiger partial charge in [0.15, 0.2) is 6.10 Å². The van der Waals surface area contributed by atoms with Crippen LogP contribution in [0.15, 0.2) is 84.9 Å². The van der Waals surface area contributed by atoms with Gasteiger partial charge < -0.3 is 9.47 Å². The summed E-state index contributed by atoms with van der Waals surface area (Å²) in [5, 5.41) is 0.609. The number of rotatable bonds is 7. The molecule has 4 atom stereocenters. The Kier molecular flexibility index (Phi) is 7.59. The molecule has 1 saturated heterocycles. The summed E-state index contributed by atoms with van der Waals surface area (Å²) < 4.78 is 10.8. The Labute approximate surface area is 255 Å². The van der Waals surface area contributed by atoms with Crippen molar-refractivity contribution in [2.75, 3.05) is 12.0 Å². The number of para-hydroxylation sites is 1. The van der Waals surface area contributed by atoms with Gasteiger partial charge in [-0.05, 0) is 74.2 Å². The number of hydrogen-bond acceptors (Lipinski definition) is 7. The van der Waals surface area contributed by atoms with E-state index in [1.807, 2.05) is 38.1 Å². The zero-order valence-corrected chi connectivity index (χ0v) is 24.9. The van der Waals surface area contributed by atoms with E-state index in [2.05, 4.69) is 0 Å². The normalized spacial score (nSPS) is 20.0. The summed E-state index contributed by atoms with van der Waals surface area (Å²) in [4.78, 5) is 59.1. The van der Waals surface area contributed by atoms with Gasteiger partial charge in [0.25, 0.3) is 0 Å². The average molecular weight is 589 g/mol. The topological polar surface area (TPSA) is 103 Å². The number of anilines is 1. The van der Waals surface area contributed by atoms with Crippen LogP contribution in [0.4, 0.5) is 5.69 Å². The first-order chi connectivity index (χ1) is 21.2. The molecule has 6 rings (SSSR count). The van der Waals surface area contributed by atoms with Crippen molar-refractivity contribution in [1.29, 1.82) is 0 Å². The van der Waals surface area contributed by atoms with Gasteiger partial charge in [-0.3, -0.25) is 19.3 Å². The molecule has 1 fully saturated rings. The molecule has 0 spiro atoms. The molecule has 8 heteroatoms. The molecular weight excluding hydrogens is 556 g/mol. The van der Waals surface area contributed by atoms with E-state index < -0.39 is 12.1 Å². The summed E-state index contributed by atoms with van der Waals surface area (Å²) >= 11 is 0. The number of hydrogen-bond donors (Lipinski definition) is 0. The number of esters is 1. The van der Waals surface area contributed by atoms with Gasteiger partial charge in [-0.2, -0.15) is 0 Å². The van der Waals surface area contributed by atoms with Crippen molar-refractivity contribution >= 4 is 40.2 Å². The van der Waals surface area contributed by atoms with Crippen molar-refractivity contribution in [2.24, 2.45) is 17.8 Å². The van der Waals surface area contributed by atoms with Crippen LogP contribution in [-0.4, -0.2) is 41.8 Å². The summed E-state index contributed by atoms with van der Waals surface area (Å²) in [6.45, 7) is 5.43. The summed E-state index contributed by atoms with van der Waals surface area (Å²) in [6, 6.07) is 20.9. The molecule has 4 unspecified atom stereocenters. The largest absolute Gasteiger partial charge is 0.497 e. The summed E-state index contributed by atoms with van der Waals surface area (Å²) in [6.07, 6.45) is 3.53. The fourth-order valence-electron chi connectivity index (χ4n) is 6.16. The highest BCUT2D eigenvalue weighted by Crippen LogP contribution is 2.41. The maximum atomic E-state index is 13.5. The standard InChI is InChI=1S/C36H32N2O6/c1-20-7-5-10-28-31(20)35(41)38(34(28)40)25-15-11-23(12-16-25)30-19-29(27-9-6-8-21(2)32(27)37-30)36(42)44-22(3)33(39)24-13-17-26(43-4)18-14-24/h5-9,11-20,22,28,31H,10H2,1-4H3. The number of ether oxygens (including phenoxy) is 2. The number of ketones is 1. The molecule has 1 aliphatic heterocycles. The van der Waals surface area contributed by atoms with E-state index in [1.165, 1.54) is 4.90 Å². The van der Waals surface area contributed by atoms with Crippen molar-refractivity contribution in [3.05, 3.63) is 102 Å². The van der Waals surface area contributed by atoms with Gasteiger partial charge >= 0.3 is 5.97 Å². The van der Waals surface area contributed by atoms with Crippen molar-refractivity contribution in [3.8, 4) is 17.0 Å². The number of fused-ring (bicyclic) bond motifs is 2. The lowest BCUT2D eigenvalue weighted by atomic mass is 9.78. The third-order valence-corrected chi connectivity index (χ3v) is 8.58. The number of pyridine rings is 1. The van der Waals surface area contributed by atoms with Crippen LogP contribution in [0.1, 0.15) is 46.5 Å². The Hall–Kier alpha value is -5.11. The summed E-state index contributed by atoms with van der Waals surface area (Å²) in [5.41, 5.74) is 3.91. The number of imide groups is 1. The minimum Gasteiger partial charge on any atom is -0.497 e. The van der Waals surface area contributed by atoms with E-state index in [9.17, 15) is 19.2 Å². The molecule has 2 amide bonds. The van der Waals surface area contributed by atoms with Crippen molar-refractivity contribution < 1.29 is 28.7 Å². The number of nitrogens with zero attached hydrogens (tertiary/aromatic N) is 2. The highest BCUT2D eigenvalue weighted by atomic mass is 16.5. The zero-order valence-electron chi connectivity index (χ0n) is 24.9. The van der Waals surface area contributed by atoms with Crippen LogP contribution in [0, 0.1) is 24.7 Å². The Morgan fingerprint density at radius 3 is 2.39 bits per heavy atom. The van der Waals surface area contributed by atoms with Crippen LogP contribution in [0.5, 0.6) is 5.75 Å². The predicted octanol–water partition coefficient (Wildman–Crippen LogP) is 6.35. The lowest BCUT2D eigenvalue weighted by Crippen LogP contribution is -2.31. The van der Waals surface area contributed by atoms with Crippen molar-refractivity contribution in [1.82, 2.24) is 4.98 Å². The molecular formula is C36H32N2O6. The third-order valence-electron chi connectivity index (χ3n) is 8.58. The fraction of sp³-hybridized carbons (Fsp3) is 0.250. The molecule has 4 aromatic rings. The summed E-state index contributed by atoms with van der Waals surface area (Å²) in [7, 11) is 1.55. The van der Waals surface area contributed by atoms with Crippen LogP contribution >= 0.6 is 0 Å². The quantitative estimate of drug-likeness (QED) is 0.107. The van der Waals surface area contributed by atoms with Crippen molar-refractivity contribution in [3.63, 3.8) is 0 Å². The number of aromatic nitrogens is 1. The van der Waals surface area contributed by atoms with Crippen LogP contribution in [0.25, 0.3) is 22.2 Å². The first-order valence-corrected chi connectivity index (χ1v) is 14.6. The predicted molar refractivity (Wildman–Crippen MR) is 167 cm³/mol. The van der Waals surface area contributed by atoms with Gasteiger partial charge in [0.1, 0.15) is 5.75 Å². The molecule has 0 bridgehead atoms. The monoisotopic (exact) mass is 588 g/mol. The molecule has 0 radical (unpaired) electrons. The second-order valence-electron chi connectivity index (χ2n) is 11.4. The summed E-state index contributed by atoms with van der Waals surface area (Å²) in [5.74, 6) is -1.37. The number of aryl methyl sites for hydroxylation is 1. The lowest BCUT2D eigenvalue weighted by molar-refractivity contribution is -0.122. The van der Waals surface area contributed by atoms with Crippen molar-refractivity contribution in [2.45, 2.75) is 33.3 Å². The van der Waals surface area contributed by atoms with E-state index in [1.54, 1.807) is 74.7 Å². The van der Waals surface area contributed by atoms with Gasteiger partial charge in [-0.15, -0.1) is 0 Å². The Morgan fingerprint density at radius 2 is 1.70 bits per heavy atom. The maximum Gasteiger partial charge on any atom is 0.339 e. The number of allylic oxidation sites excluding steroid dienone is 2. The molecule has 1 aliphatic carbocycles. The SMILES string of the molecule is COc1ccc(C(=O)C(C)OC(=O)c2cc(-c3ccc(N4C(=O)C5CC=CC(C)C5C4=O)cc3)nc3c(C)cccc23)cc1. The van der Waals surface area contributed by atoms with E-state index in [0.29, 0.717) is 45.6 Å². The minimum atomic E-state index is -1.02. The first-order valence-electron chi connectivity index (χ1n) is 14.6. The van der Waals surface area contributed by atoms with E-state index in [0.717, 1.165) is 5.56 Å². The van der Waals surface area contributed by atoms with E-state index in [-0.39, 0.29) is 40.9 Å². The van der Waals surface area contributed by atoms with Gasteiger partial charge in [0.2, 0.25) is 17.6 Å². The van der Waals surface area contributed by atoms with Crippen LogP contribution in [0.2, 0.25) is 0 Å². The molecule has 1 aromatic heterocycles. The maximum absolute atomic E-state index is 13.5. The highest BCUT2D eigenvalue weighted by Gasteiger charge is 2.50. The number of amides is 2. The van der Waals surface area contributed by atoms with Gasteiger partial charge in [-0.1, -0.05) is 49.4 Å². The fourth-order valence-corrected chi connectivity index (χ4v) is 6.16. The minimum absolute atomic E-state index is 0.00640. The Bertz CT molecular complexity index is 1830. The number of carbonyl (C=O) groups is 4. The first kappa shape index (κ1) is 29.0. The highest BCUT2D eigenvalue weighted by molar-refractivity contribution is 6.22. The van der Waals surface area contributed by atoms with Crippen LogP contribution in [0.3, 0.4) is 0 Å². The molecule has 8 nitrogen and oxygen atoms in total. The number of benzene rings is 3. The Morgan fingerprint density at radius 1 is 0.977 bits per heavy atom. The number of Topliss-reactive ketones (excluding diaryl/α,β-unsaturated/α-hetero) is 1.